The minimum absolute atomic E-state index is 0.0611. The summed E-state index contributed by atoms with van der Waals surface area (Å²) in [7, 11) is 0. The molecule has 0 aromatic carbocycles. The van der Waals surface area contributed by atoms with Crippen molar-refractivity contribution in [2.24, 2.45) is 11.3 Å². The molecule has 0 aromatic heterocycles. The van der Waals surface area contributed by atoms with E-state index in [-0.39, 0.29) is 12.1 Å². The lowest BCUT2D eigenvalue weighted by molar-refractivity contribution is -0.148. The molecular weight excluding hydrogens is 272 g/mol. The monoisotopic (exact) mass is 298 g/mol. The third kappa shape index (κ3) is 3.48. The van der Waals surface area contributed by atoms with Crippen LogP contribution in [0.5, 0.6) is 0 Å². The molecule has 6 nitrogen and oxygen atoms in total. The smallest absolute Gasteiger partial charge is 0.317 e. The predicted octanol–water partition coefficient (Wildman–Crippen LogP) is 1.70. The predicted molar refractivity (Wildman–Crippen MR) is 78.1 cm³/mol. The molecule has 3 unspecified atom stereocenters. The van der Waals surface area contributed by atoms with Crippen molar-refractivity contribution in [1.82, 2.24) is 10.2 Å². The number of carbonyl (C=O) groups is 2. The van der Waals surface area contributed by atoms with Gasteiger partial charge in [-0.1, -0.05) is 13.3 Å². The fourth-order valence-corrected chi connectivity index (χ4v) is 3.36. The van der Waals surface area contributed by atoms with E-state index < -0.39 is 11.4 Å². The van der Waals surface area contributed by atoms with Crippen LogP contribution < -0.4 is 5.32 Å². The highest BCUT2D eigenvalue weighted by Gasteiger charge is 2.45. The SMILES string of the molecule is CCCC1(C(=O)O)CCN(C(=O)NC(C)C2CCOC2)C1. The maximum atomic E-state index is 12.3. The molecule has 0 aliphatic carbocycles. The van der Waals surface area contributed by atoms with Crippen molar-refractivity contribution in [1.29, 1.82) is 0 Å². The summed E-state index contributed by atoms with van der Waals surface area (Å²) >= 11 is 0. The minimum atomic E-state index is -0.781. The number of hydrogen-bond acceptors (Lipinski definition) is 3. The third-order valence-electron chi connectivity index (χ3n) is 4.85. The molecule has 2 fully saturated rings. The lowest BCUT2D eigenvalue weighted by Gasteiger charge is -2.26. The second-order valence-electron chi connectivity index (χ2n) is 6.37. The molecule has 21 heavy (non-hydrogen) atoms. The normalized spacial score (nSPS) is 30.4. The van der Waals surface area contributed by atoms with Gasteiger partial charge < -0.3 is 20.1 Å². The topological polar surface area (TPSA) is 78.9 Å². The molecule has 0 bridgehead atoms. The van der Waals surface area contributed by atoms with Crippen molar-refractivity contribution in [2.75, 3.05) is 26.3 Å². The Morgan fingerprint density at radius 1 is 1.52 bits per heavy atom. The molecule has 2 amide bonds. The number of carboxylic acids is 1. The van der Waals surface area contributed by atoms with E-state index in [1.54, 1.807) is 4.90 Å². The number of carbonyl (C=O) groups excluding carboxylic acids is 1. The molecule has 2 saturated heterocycles. The second kappa shape index (κ2) is 6.64. The molecule has 2 aliphatic rings. The lowest BCUT2D eigenvalue weighted by atomic mass is 9.83. The molecule has 2 heterocycles. The Kier molecular flexibility index (Phi) is 5.08. The van der Waals surface area contributed by atoms with Gasteiger partial charge in [0.2, 0.25) is 0 Å². The number of nitrogens with zero attached hydrogens (tertiary/aromatic N) is 1. The number of nitrogens with one attached hydrogen (secondary N) is 1. The fraction of sp³-hybridized carbons (Fsp3) is 0.867. The molecule has 2 aliphatic heterocycles. The van der Waals surface area contributed by atoms with Gasteiger partial charge >= 0.3 is 12.0 Å². The molecule has 0 spiro atoms. The average Bonchev–Trinajstić information content (AvgIpc) is 3.09. The summed E-state index contributed by atoms with van der Waals surface area (Å²) in [6.07, 6.45) is 2.95. The van der Waals surface area contributed by atoms with Gasteiger partial charge in [0.1, 0.15) is 0 Å². The summed E-state index contributed by atoms with van der Waals surface area (Å²) in [4.78, 5) is 25.5. The first kappa shape index (κ1) is 16.1. The van der Waals surface area contributed by atoms with Crippen LogP contribution in [0.3, 0.4) is 0 Å². The van der Waals surface area contributed by atoms with Crippen LogP contribution >= 0.6 is 0 Å². The van der Waals surface area contributed by atoms with E-state index in [2.05, 4.69) is 5.32 Å². The van der Waals surface area contributed by atoms with Crippen molar-refractivity contribution in [3.63, 3.8) is 0 Å². The summed E-state index contributed by atoms with van der Waals surface area (Å²) in [5.41, 5.74) is -0.758. The lowest BCUT2D eigenvalue weighted by Crippen LogP contribution is -2.47. The van der Waals surface area contributed by atoms with E-state index in [9.17, 15) is 14.7 Å². The molecule has 120 valence electrons. The van der Waals surface area contributed by atoms with Crippen molar-refractivity contribution in [3.05, 3.63) is 0 Å². The molecule has 2 rings (SSSR count). The van der Waals surface area contributed by atoms with Crippen LogP contribution in [-0.4, -0.2) is 54.4 Å². The molecule has 0 saturated carbocycles. The number of amides is 2. The minimum Gasteiger partial charge on any atom is -0.481 e. The fourth-order valence-electron chi connectivity index (χ4n) is 3.36. The van der Waals surface area contributed by atoms with E-state index in [0.29, 0.717) is 38.5 Å². The second-order valence-corrected chi connectivity index (χ2v) is 6.37. The van der Waals surface area contributed by atoms with Crippen LogP contribution in [0.2, 0.25) is 0 Å². The highest BCUT2D eigenvalue weighted by atomic mass is 16.5. The summed E-state index contributed by atoms with van der Waals surface area (Å²) in [6.45, 7) is 6.25. The first-order chi connectivity index (χ1) is 9.98. The molecule has 2 N–H and O–H groups in total. The van der Waals surface area contributed by atoms with Crippen molar-refractivity contribution in [3.8, 4) is 0 Å². The van der Waals surface area contributed by atoms with E-state index in [1.165, 1.54) is 0 Å². The first-order valence-electron chi connectivity index (χ1n) is 7.85. The molecule has 3 atom stereocenters. The Hall–Kier alpha value is -1.30. The van der Waals surface area contributed by atoms with Gasteiger partial charge in [-0.05, 0) is 26.2 Å². The summed E-state index contributed by atoms with van der Waals surface area (Å²) < 4.78 is 5.34. The number of likely N-dealkylation sites (tertiary alicyclic amines) is 1. The van der Waals surface area contributed by atoms with Gasteiger partial charge in [0.15, 0.2) is 0 Å². The molecular formula is C15H26N2O4. The molecule has 6 heteroatoms. The van der Waals surface area contributed by atoms with Gasteiger partial charge in [-0.25, -0.2) is 4.79 Å². The van der Waals surface area contributed by atoms with Crippen LogP contribution in [0, 0.1) is 11.3 Å². The van der Waals surface area contributed by atoms with Crippen LogP contribution in [-0.2, 0) is 9.53 Å². The summed E-state index contributed by atoms with van der Waals surface area (Å²) in [5.74, 6) is -0.423. The van der Waals surface area contributed by atoms with E-state index in [1.807, 2.05) is 13.8 Å². The Morgan fingerprint density at radius 2 is 2.29 bits per heavy atom. The van der Waals surface area contributed by atoms with Gasteiger partial charge in [0.05, 0.1) is 12.0 Å². The van der Waals surface area contributed by atoms with Crippen LogP contribution in [0.25, 0.3) is 0 Å². The number of urea groups is 1. The quantitative estimate of drug-likeness (QED) is 0.809. The number of aliphatic carboxylic acids is 1. The van der Waals surface area contributed by atoms with Crippen molar-refractivity contribution < 1.29 is 19.4 Å². The van der Waals surface area contributed by atoms with Crippen molar-refractivity contribution in [2.45, 2.75) is 45.6 Å². The van der Waals surface area contributed by atoms with Gasteiger partial charge in [-0.2, -0.15) is 0 Å². The number of rotatable bonds is 5. The van der Waals surface area contributed by atoms with Gasteiger partial charge in [0.25, 0.3) is 0 Å². The zero-order chi connectivity index (χ0) is 15.5. The summed E-state index contributed by atoms with van der Waals surface area (Å²) in [6, 6.07) is -0.0837. The van der Waals surface area contributed by atoms with Gasteiger partial charge in [-0.15, -0.1) is 0 Å². The van der Waals surface area contributed by atoms with Crippen molar-refractivity contribution >= 4 is 12.0 Å². The van der Waals surface area contributed by atoms with Gasteiger partial charge in [-0.3, -0.25) is 4.79 Å². The zero-order valence-electron chi connectivity index (χ0n) is 12.9. The largest absolute Gasteiger partial charge is 0.481 e. The highest BCUT2D eigenvalue weighted by Crippen LogP contribution is 2.35. The van der Waals surface area contributed by atoms with E-state index in [4.69, 9.17) is 4.74 Å². The van der Waals surface area contributed by atoms with E-state index >= 15 is 0 Å². The highest BCUT2D eigenvalue weighted by molar-refractivity contribution is 5.79. The Balaban J connectivity index is 1.90. The Labute approximate surface area is 125 Å². The van der Waals surface area contributed by atoms with Crippen LogP contribution in [0.4, 0.5) is 4.79 Å². The average molecular weight is 298 g/mol. The zero-order valence-corrected chi connectivity index (χ0v) is 12.9. The third-order valence-corrected chi connectivity index (χ3v) is 4.85. The van der Waals surface area contributed by atoms with Gasteiger partial charge in [0, 0.05) is 31.7 Å². The molecule has 0 aromatic rings. The number of ether oxygens (including phenoxy) is 1. The standard InChI is InChI=1S/C15H26N2O4/c1-3-5-15(13(18)19)6-7-17(10-15)14(20)16-11(2)12-4-8-21-9-12/h11-12H,3-10H2,1-2H3,(H,16,20)(H,18,19). The maximum absolute atomic E-state index is 12.3. The Morgan fingerprint density at radius 3 is 2.86 bits per heavy atom. The van der Waals surface area contributed by atoms with Crippen LogP contribution in [0.15, 0.2) is 0 Å². The summed E-state index contributed by atoms with van der Waals surface area (Å²) in [5, 5.41) is 12.5. The number of carboxylic acid groups (broad SMARTS) is 1. The maximum Gasteiger partial charge on any atom is 0.317 e. The van der Waals surface area contributed by atoms with E-state index in [0.717, 1.165) is 19.4 Å². The first-order valence-corrected chi connectivity index (χ1v) is 7.85. The number of hydrogen-bond donors (Lipinski definition) is 2. The Bertz CT molecular complexity index is 395. The van der Waals surface area contributed by atoms with Crippen LogP contribution in [0.1, 0.15) is 39.5 Å². The molecule has 0 radical (unpaired) electrons.